The molecule has 2 aromatic rings. The molecule has 18 heavy (non-hydrogen) atoms. The lowest BCUT2D eigenvalue weighted by Crippen LogP contribution is -2.07. The van der Waals surface area contributed by atoms with Gasteiger partial charge in [0.2, 0.25) is 0 Å². The molecule has 2 aromatic heterocycles. The number of hydrogen-bond acceptors (Lipinski definition) is 5. The highest BCUT2D eigenvalue weighted by Gasteiger charge is 2.05. The van der Waals surface area contributed by atoms with Crippen LogP contribution in [0.25, 0.3) is 9.75 Å². The Kier molecular flexibility index (Phi) is 4.53. The molecule has 0 aliphatic carbocycles. The molecule has 5 heteroatoms. The van der Waals surface area contributed by atoms with E-state index >= 15 is 0 Å². The van der Waals surface area contributed by atoms with Crippen LogP contribution in [0.4, 0.5) is 0 Å². The quantitative estimate of drug-likeness (QED) is 0.750. The molecule has 0 aliphatic rings. The van der Waals surface area contributed by atoms with Gasteiger partial charge in [0.05, 0.1) is 18.1 Å². The molecular formula is C13H12O3S2. The Morgan fingerprint density at radius 3 is 2.44 bits per heavy atom. The van der Waals surface area contributed by atoms with Crippen LogP contribution in [0.2, 0.25) is 0 Å². The van der Waals surface area contributed by atoms with Gasteiger partial charge in [0.1, 0.15) is 6.10 Å². The molecule has 0 aromatic carbocycles. The van der Waals surface area contributed by atoms with Crippen LogP contribution in [0.15, 0.2) is 24.3 Å². The summed E-state index contributed by atoms with van der Waals surface area (Å²) in [6.07, 6.45) is -0.988. The minimum absolute atomic E-state index is 0.0609. The summed E-state index contributed by atoms with van der Waals surface area (Å²) in [6.45, 7) is -0.290. The van der Waals surface area contributed by atoms with Crippen LogP contribution in [0, 0.1) is 11.8 Å². The normalized spacial score (nSPS) is 11.9. The van der Waals surface area contributed by atoms with Crippen LogP contribution in [-0.2, 0) is 6.61 Å². The van der Waals surface area contributed by atoms with Gasteiger partial charge in [0.25, 0.3) is 0 Å². The summed E-state index contributed by atoms with van der Waals surface area (Å²) in [5, 5.41) is 26.8. The van der Waals surface area contributed by atoms with E-state index < -0.39 is 6.10 Å². The number of aliphatic hydroxyl groups excluding tert-OH is 3. The monoisotopic (exact) mass is 280 g/mol. The van der Waals surface area contributed by atoms with Gasteiger partial charge < -0.3 is 15.3 Å². The van der Waals surface area contributed by atoms with Gasteiger partial charge in [-0.15, -0.1) is 22.7 Å². The molecule has 0 bridgehead atoms. The second-order valence-electron chi connectivity index (χ2n) is 3.56. The van der Waals surface area contributed by atoms with Crippen LogP contribution >= 0.6 is 22.7 Å². The summed E-state index contributed by atoms with van der Waals surface area (Å²) in [5.41, 5.74) is 0. The zero-order chi connectivity index (χ0) is 13.0. The lowest BCUT2D eigenvalue weighted by atomic mass is 10.3. The fourth-order valence-electron chi connectivity index (χ4n) is 1.33. The molecule has 2 rings (SSSR count). The molecule has 3 N–H and O–H groups in total. The van der Waals surface area contributed by atoms with E-state index in [0.717, 1.165) is 19.5 Å². The number of aliphatic hydroxyl groups is 3. The average Bonchev–Trinajstić information content (AvgIpc) is 3.03. The van der Waals surface area contributed by atoms with Crippen molar-refractivity contribution in [3.8, 4) is 21.6 Å². The summed E-state index contributed by atoms with van der Waals surface area (Å²) >= 11 is 3.08. The average molecular weight is 280 g/mol. The van der Waals surface area contributed by atoms with E-state index in [1.165, 1.54) is 11.3 Å². The number of hydrogen-bond donors (Lipinski definition) is 3. The molecule has 0 fully saturated rings. The van der Waals surface area contributed by atoms with E-state index in [0.29, 0.717) is 0 Å². The van der Waals surface area contributed by atoms with Crippen molar-refractivity contribution in [3.63, 3.8) is 0 Å². The standard InChI is InChI=1S/C13H12O3S2/c14-7-9(16)1-2-10-3-5-12(17-10)13-6-4-11(8-15)18-13/h3-6,9,14-16H,7-8H2. The van der Waals surface area contributed by atoms with Gasteiger partial charge in [-0.2, -0.15) is 0 Å². The highest BCUT2D eigenvalue weighted by Crippen LogP contribution is 2.33. The largest absolute Gasteiger partial charge is 0.393 e. The minimum atomic E-state index is -0.988. The molecule has 0 radical (unpaired) electrons. The van der Waals surface area contributed by atoms with Crippen molar-refractivity contribution in [1.82, 2.24) is 0 Å². The first kappa shape index (κ1) is 13.3. The highest BCUT2D eigenvalue weighted by molar-refractivity contribution is 7.22. The Labute approximate surface area is 113 Å². The summed E-state index contributed by atoms with van der Waals surface area (Å²) in [5.74, 6) is 5.38. The van der Waals surface area contributed by atoms with Gasteiger partial charge in [0, 0.05) is 14.6 Å². The zero-order valence-corrected chi connectivity index (χ0v) is 11.1. The number of rotatable bonds is 3. The molecule has 0 amide bonds. The van der Waals surface area contributed by atoms with Gasteiger partial charge in [-0.25, -0.2) is 0 Å². The van der Waals surface area contributed by atoms with E-state index in [4.69, 9.17) is 15.3 Å². The van der Waals surface area contributed by atoms with Gasteiger partial charge in [-0.05, 0) is 24.3 Å². The Morgan fingerprint density at radius 2 is 1.78 bits per heavy atom. The Balaban J connectivity index is 2.16. The van der Waals surface area contributed by atoms with Crippen molar-refractivity contribution in [1.29, 1.82) is 0 Å². The van der Waals surface area contributed by atoms with Crippen LogP contribution in [0.3, 0.4) is 0 Å². The van der Waals surface area contributed by atoms with Crippen molar-refractivity contribution in [2.24, 2.45) is 0 Å². The molecule has 94 valence electrons. The maximum Gasteiger partial charge on any atom is 0.138 e. The Bertz CT molecular complexity index is 574. The first-order chi connectivity index (χ1) is 8.72. The van der Waals surface area contributed by atoms with Gasteiger partial charge in [-0.1, -0.05) is 11.8 Å². The molecule has 1 atom stereocenters. The molecule has 3 nitrogen and oxygen atoms in total. The van der Waals surface area contributed by atoms with Crippen LogP contribution in [-0.4, -0.2) is 28.0 Å². The summed E-state index contributed by atoms with van der Waals surface area (Å²) in [6, 6.07) is 7.73. The van der Waals surface area contributed by atoms with Crippen molar-refractivity contribution in [2.45, 2.75) is 12.7 Å². The van der Waals surface area contributed by atoms with Gasteiger partial charge >= 0.3 is 0 Å². The zero-order valence-electron chi connectivity index (χ0n) is 9.46. The van der Waals surface area contributed by atoms with E-state index in [9.17, 15) is 0 Å². The van der Waals surface area contributed by atoms with Crippen molar-refractivity contribution in [2.75, 3.05) is 6.61 Å². The van der Waals surface area contributed by atoms with Gasteiger partial charge in [-0.3, -0.25) is 0 Å². The molecule has 0 spiro atoms. The first-order valence-electron chi connectivity index (χ1n) is 5.33. The summed E-state index contributed by atoms with van der Waals surface area (Å²) in [4.78, 5) is 3.96. The minimum Gasteiger partial charge on any atom is -0.393 e. The third-order valence-electron chi connectivity index (χ3n) is 2.20. The molecule has 2 heterocycles. The summed E-state index contributed by atoms with van der Waals surface area (Å²) < 4.78 is 0. The first-order valence-corrected chi connectivity index (χ1v) is 6.96. The molecular weight excluding hydrogens is 268 g/mol. The SMILES string of the molecule is OCc1ccc(-c2ccc(C#CC(O)CO)s2)s1. The fourth-order valence-corrected chi connectivity index (χ4v) is 3.16. The second-order valence-corrected chi connectivity index (χ2v) is 5.81. The van der Waals surface area contributed by atoms with Crippen LogP contribution in [0.1, 0.15) is 9.75 Å². The van der Waals surface area contributed by atoms with Crippen molar-refractivity contribution >= 4 is 22.7 Å². The van der Waals surface area contributed by atoms with E-state index in [1.54, 1.807) is 11.3 Å². The summed E-state index contributed by atoms with van der Waals surface area (Å²) in [7, 11) is 0. The maximum atomic E-state index is 9.13. The Hall–Kier alpha value is -1.16. The third-order valence-corrected chi connectivity index (χ3v) is 4.47. The van der Waals surface area contributed by atoms with Gasteiger partial charge in [0.15, 0.2) is 0 Å². The molecule has 0 aliphatic heterocycles. The second kappa shape index (κ2) is 6.14. The fraction of sp³-hybridized carbons (Fsp3) is 0.231. The smallest absolute Gasteiger partial charge is 0.138 e. The van der Waals surface area contributed by atoms with Crippen molar-refractivity contribution in [3.05, 3.63) is 34.0 Å². The topological polar surface area (TPSA) is 60.7 Å². The van der Waals surface area contributed by atoms with E-state index in [2.05, 4.69) is 11.8 Å². The van der Waals surface area contributed by atoms with Crippen LogP contribution in [0.5, 0.6) is 0 Å². The third kappa shape index (κ3) is 3.19. The van der Waals surface area contributed by atoms with E-state index in [1.807, 2.05) is 24.3 Å². The lowest BCUT2D eigenvalue weighted by Gasteiger charge is -1.92. The highest BCUT2D eigenvalue weighted by atomic mass is 32.1. The lowest BCUT2D eigenvalue weighted by molar-refractivity contribution is 0.138. The van der Waals surface area contributed by atoms with E-state index in [-0.39, 0.29) is 13.2 Å². The predicted molar refractivity (Wildman–Crippen MR) is 73.5 cm³/mol. The number of thiophene rings is 2. The Morgan fingerprint density at radius 1 is 1.06 bits per heavy atom. The van der Waals surface area contributed by atoms with Crippen LogP contribution < -0.4 is 0 Å². The molecule has 0 saturated carbocycles. The van der Waals surface area contributed by atoms with Crippen molar-refractivity contribution < 1.29 is 15.3 Å². The maximum absolute atomic E-state index is 9.13. The molecule has 1 unspecified atom stereocenters. The molecule has 0 saturated heterocycles. The predicted octanol–water partition coefficient (Wildman–Crippen LogP) is 1.67.